The fraction of sp³-hybridized carbons (Fsp3) is 1.00. The van der Waals surface area contributed by atoms with Gasteiger partial charge >= 0.3 is 0 Å². The lowest BCUT2D eigenvalue weighted by atomic mass is 10.1. The van der Waals surface area contributed by atoms with Crippen LogP contribution < -0.4 is 0 Å². The van der Waals surface area contributed by atoms with Gasteiger partial charge in [-0.15, -0.1) is 0 Å². The highest BCUT2D eigenvalue weighted by Crippen LogP contribution is 2.19. The van der Waals surface area contributed by atoms with Crippen molar-refractivity contribution in [3.63, 3.8) is 0 Å². The van der Waals surface area contributed by atoms with Crippen LogP contribution in [-0.2, 0) is 9.47 Å². The maximum Gasteiger partial charge on any atom is 0.160 e. The zero-order valence-corrected chi connectivity index (χ0v) is 6.41. The molecule has 0 aromatic carbocycles. The highest BCUT2D eigenvalue weighted by atomic mass is 16.7. The molecule has 10 heavy (non-hydrogen) atoms. The van der Waals surface area contributed by atoms with E-state index in [-0.39, 0.29) is 18.5 Å². The Balaban J connectivity index is 2.35. The van der Waals surface area contributed by atoms with Crippen LogP contribution in [0.25, 0.3) is 0 Å². The fourth-order valence-corrected chi connectivity index (χ4v) is 1.22. The van der Waals surface area contributed by atoms with Crippen molar-refractivity contribution in [1.29, 1.82) is 0 Å². The molecule has 1 rings (SSSR count). The van der Waals surface area contributed by atoms with E-state index in [2.05, 4.69) is 0 Å². The molecule has 3 heteroatoms. The lowest BCUT2D eigenvalue weighted by molar-refractivity contribution is -0.198. The minimum atomic E-state index is -0.256. The quantitative estimate of drug-likeness (QED) is 0.586. The molecule has 0 bridgehead atoms. The van der Waals surface area contributed by atoms with Crippen molar-refractivity contribution in [2.75, 3.05) is 7.11 Å². The van der Waals surface area contributed by atoms with E-state index in [1.54, 1.807) is 7.11 Å². The molecule has 1 heterocycles. The summed E-state index contributed by atoms with van der Waals surface area (Å²) in [6, 6.07) is 0. The Hall–Kier alpha value is -0.120. The highest BCUT2D eigenvalue weighted by molar-refractivity contribution is 4.69. The van der Waals surface area contributed by atoms with Gasteiger partial charge < -0.3 is 14.6 Å². The smallest absolute Gasteiger partial charge is 0.160 e. The van der Waals surface area contributed by atoms with Crippen LogP contribution in [0.4, 0.5) is 0 Å². The molecule has 0 aliphatic carbocycles. The molecular weight excluding hydrogens is 132 g/mol. The molecule has 1 aliphatic rings. The van der Waals surface area contributed by atoms with E-state index >= 15 is 0 Å². The second-order valence-corrected chi connectivity index (χ2v) is 2.74. The molecule has 1 aliphatic heterocycles. The maximum atomic E-state index is 9.22. The average Bonchev–Trinajstić information content (AvgIpc) is 1.85. The summed E-state index contributed by atoms with van der Waals surface area (Å²) in [5, 5.41) is 9.22. The van der Waals surface area contributed by atoms with E-state index in [1.165, 1.54) is 0 Å². The van der Waals surface area contributed by atoms with E-state index in [9.17, 15) is 5.11 Å². The van der Waals surface area contributed by atoms with Crippen LogP contribution in [0.15, 0.2) is 0 Å². The summed E-state index contributed by atoms with van der Waals surface area (Å²) in [5.74, 6) is 0. The van der Waals surface area contributed by atoms with Gasteiger partial charge in [-0.1, -0.05) is 0 Å². The van der Waals surface area contributed by atoms with Crippen molar-refractivity contribution in [3.05, 3.63) is 0 Å². The van der Waals surface area contributed by atoms with Gasteiger partial charge in [-0.25, -0.2) is 0 Å². The summed E-state index contributed by atoms with van der Waals surface area (Å²) in [6.45, 7) is 1.94. The molecular formula is C7H14O3. The van der Waals surface area contributed by atoms with Crippen LogP contribution in [-0.4, -0.2) is 30.7 Å². The van der Waals surface area contributed by atoms with E-state index in [4.69, 9.17) is 9.47 Å². The van der Waals surface area contributed by atoms with Gasteiger partial charge in [-0.3, -0.25) is 0 Å². The lowest BCUT2D eigenvalue weighted by Crippen LogP contribution is -2.34. The Morgan fingerprint density at radius 1 is 1.50 bits per heavy atom. The predicted molar refractivity (Wildman–Crippen MR) is 36.6 cm³/mol. The van der Waals surface area contributed by atoms with Crippen LogP contribution >= 0.6 is 0 Å². The van der Waals surface area contributed by atoms with Crippen molar-refractivity contribution in [1.82, 2.24) is 0 Å². The van der Waals surface area contributed by atoms with Gasteiger partial charge in [0.25, 0.3) is 0 Å². The first-order chi connectivity index (χ1) is 4.72. The number of hydrogen-bond acceptors (Lipinski definition) is 3. The van der Waals surface area contributed by atoms with E-state index in [1.807, 2.05) is 6.92 Å². The van der Waals surface area contributed by atoms with Gasteiger partial charge in [0.05, 0.1) is 12.2 Å². The molecule has 0 radical (unpaired) electrons. The number of methoxy groups -OCH3 is 1. The second-order valence-electron chi connectivity index (χ2n) is 2.74. The number of hydrogen-bond donors (Lipinski definition) is 1. The van der Waals surface area contributed by atoms with Gasteiger partial charge in [0.15, 0.2) is 6.29 Å². The topological polar surface area (TPSA) is 38.7 Å². The molecule has 0 spiro atoms. The first-order valence-electron chi connectivity index (χ1n) is 3.58. The first-order valence-corrected chi connectivity index (χ1v) is 3.58. The van der Waals surface area contributed by atoms with Gasteiger partial charge in [-0.05, 0) is 13.3 Å². The summed E-state index contributed by atoms with van der Waals surface area (Å²) in [4.78, 5) is 0. The van der Waals surface area contributed by atoms with Crippen LogP contribution in [0, 0.1) is 0 Å². The van der Waals surface area contributed by atoms with Crippen molar-refractivity contribution >= 4 is 0 Å². The van der Waals surface area contributed by atoms with Gasteiger partial charge in [-0.2, -0.15) is 0 Å². The predicted octanol–water partition coefficient (Wildman–Crippen LogP) is 0.519. The third-order valence-electron chi connectivity index (χ3n) is 1.72. The van der Waals surface area contributed by atoms with Crippen molar-refractivity contribution in [2.24, 2.45) is 0 Å². The molecule has 1 fully saturated rings. The van der Waals surface area contributed by atoms with Crippen LogP contribution in [0.5, 0.6) is 0 Å². The standard InChI is InChI=1S/C7H14O3/c1-5-3-6(8)4-7(9-2)10-5/h5-8H,3-4H2,1-2H3/t5?,6?,7-/m1/s1. The number of ether oxygens (including phenoxy) is 2. The highest BCUT2D eigenvalue weighted by Gasteiger charge is 2.24. The molecule has 1 saturated heterocycles. The van der Waals surface area contributed by atoms with E-state index in [0.717, 1.165) is 6.42 Å². The summed E-state index contributed by atoms with van der Waals surface area (Å²) >= 11 is 0. The summed E-state index contributed by atoms with van der Waals surface area (Å²) in [6.07, 6.45) is 0.974. The Kier molecular flexibility index (Phi) is 2.65. The number of aliphatic hydroxyl groups excluding tert-OH is 1. The molecule has 0 aromatic heterocycles. The van der Waals surface area contributed by atoms with Gasteiger partial charge in [0.1, 0.15) is 0 Å². The second kappa shape index (κ2) is 3.32. The summed E-state index contributed by atoms with van der Waals surface area (Å²) in [7, 11) is 1.59. The van der Waals surface area contributed by atoms with Gasteiger partial charge in [0, 0.05) is 13.5 Å². The SMILES string of the molecule is CO[C@H]1CC(O)CC(C)O1. The zero-order valence-electron chi connectivity index (χ0n) is 6.41. The number of rotatable bonds is 1. The molecule has 3 atom stereocenters. The van der Waals surface area contributed by atoms with E-state index in [0.29, 0.717) is 6.42 Å². The Morgan fingerprint density at radius 2 is 2.20 bits per heavy atom. The largest absolute Gasteiger partial charge is 0.393 e. The van der Waals surface area contributed by atoms with E-state index < -0.39 is 0 Å². The summed E-state index contributed by atoms with van der Waals surface area (Å²) in [5.41, 5.74) is 0. The Morgan fingerprint density at radius 3 is 2.70 bits per heavy atom. The third kappa shape index (κ3) is 1.94. The minimum Gasteiger partial charge on any atom is -0.393 e. The molecule has 2 unspecified atom stereocenters. The molecule has 0 amide bonds. The molecule has 60 valence electrons. The lowest BCUT2D eigenvalue weighted by Gasteiger charge is -2.29. The van der Waals surface area contributed by atoms with Gasteiger partial charge in [0.2, 0.25) is 0 Å². The zero-order chi connectivity index (χ0) is 7.56. The van der Waals surface area contributed by atoms with Crippen LogP contribution in [0.3, 0.4) is 0 Å². The summed E-state index contributed by atoms with van der Waals surface area (Å²) < 4.78 is 10.3. The first kappa shape index (κ1) is 7.98. The maximum absolute atomic E-state index is 9.22. The van der Waals surface area contributed by atoms with Crippen LogP contribution in [0.1, 0.15) is 19.8 Å². The Bertz CT molecular complexity index is 95.0. The van der Waals surface area contributed by atoms with Crippen molar-refractivity contribution < 1.29 is 14.6 Å². The number of aliphatic hydroxyl groups is 1. The van der Waals surface area contributed by atoms with Crippen molar-refractivity contribution in [2.45, 2.75) is 38.3 Å². The monoisotopic (exact) mass is 146 g/mol. The minimum absolute atomic E-state index is 0.119. The van der Waals surface area contributed by atoms with Crippen LogP contribution in [0.2, 0.25) is 0 Å². The third-order valence-corrected chi connectivity index (χ3v) is 1.72. The average molecular weight is 146 g/mol. The normalized spacial score (nSPS) is 41.7. The molecule has 3 nitrogen and oxygen atoms in total. The molecule has 0 saturated carbocycles. The van der Waals surface area contributed by atoms with Crippen molar-refractivity contribution in [3.8, 4) is 0 Å². The molecule has 1 N–H and O–H groups in total. The fourth-order valence-electron chi connectivity index (χ4n) is 1.22. The Labute approximate surface area is 60.9 Å². The molecule has 0 aromatic rings.